The predicted molar refractivity (Wildman–Crippen MR) is 118 cm³/mol. The van der Waals surface area contributed by atoms with Gasteiger partial charge >= 0.3 is 5.69 Å². The number of nitrogens with one attached hydrogen (secondary N) is 1. The first kappa shape index (κ1) is 20.2. The van der Waals surface area contributed by atoms with E-state index in [-0.39, 0.29) is 30.1 Å². The maximum absolute atomic E-state index is 13.2. The summed E-state index contributed by atoms with van der Waals surface area (Å²) in [5, 5.41) is 7.21. The van der Waals surface area contributed by atoms with Crippen molar-refractivity contribution in [2.24, 2.45) is 0 Å². The summed E-state index contributed by atoms with van der Waals surface area (Å²) < 4.78 is 14.1. The summed E-state index contributed by atoms with van der Waals surface area (Å²) in [6, 6.07) is 14.8. The molecule has 0 radical (unpaired) electrons. The summed E-state index contributed by atoms with van der Waals surface area (Å²) >= 11 is 0. The van der Waals surface area contributed by atoms with E-state index in [1.807, 2.05) is 43.3 Å². The van der Waals surface area contributed by atoms with Gasteiger partial charge in [-0.05, 0) is 44.0 Å². The minimum absolute atomic E-state index is 0.0272. The number of para-hydroxylation sites is 2. The van der Waals surface area contributed by atoms with Crippen LogP contribution in [0.3, 0.4) is 0 Å². The van der Waals surface area contributed by atoms with Crippen molar-refractivity contribution in [3.63, 3.8) is 0 Å². The zero-order chi connectivity index (χ0) is 22.1. The second-order valence-corrected chi connectivity index (χ2v) is 7.86. The van der Waals surface area contributed by atoms with E-state index in [0.717, 1.165) is 29.7 Å². The van der Waals surface area contributed by atoms with Gasteiger partial charge in [-0.3, -0.25) is 4.79 Å². The van der Waals surface area contributed by atoms with Crippen molar-refractivity contribution >= 4 is 22.6 Å². The van der Waals surface area contributed by atoms with Gasteiger partial charge in [0.05, 0.1) is 17.1 Å². The van der Waals surface area contributed by atoms with E-state index in [9.17, 15) is 9.59 Å². The van der Waals surface area contributed by atoms with Gasteiger partial charge in [0, 0.05) is 13.2 Å². The lowest BCUT2D eigenvalue weighted by molar-refractivity contribution is -0.122. The molecule has 0 spiro atoms. The smallest absolute Gasteiger partial charge is 0.351 e. The molecule has 2 aromatic carbocycles. The van der Waals surface area contributed by atoms with Gasteiger partial charge in [0.15, 0.2) is 0 Å². The van der Waals surface area contributed by atoms with Crippen molar-refractivity contribution in [1.82, 2.24) is 24.5 Å². The second-order valence-electron chi connectivity index (χ2n) is 7.86. The van der Waals surface area contributed by atoms with E-state index in [0.29, 0.717) is 23.3 Å². The molecule has 1 aliphatic rings. The van der Waals surface area contributed by atoms with E-state index in [1.54, 1.807) is 12.1 Å². The second kappa shape index (κ2) is 8.43. The molecule has 3 heterocycles. The largest absolute Gasteiger partial charge is 0.436 e. The number of hydrogen-bond acceptors (Lipinski definition) is 6. The number of aromatic nitrogens is 4. The van der Waals surface area contributed by atoms with Crippen molar-refractivity contribution < 1.29 is 14.3 Å². The van der Waals surface area contributed by atoms with Gasteiger partial charge in [-0.15, -0.1) is 5.10 Å². The van der Waals surface area contributed by atoms with Gasteiger partial charge in [-0.2, -0.15) is 0 Å². The van der Waals surface area contributed by atoms with Gasteiger partial charge in [-0.1, -0.05) is 29.8 Å². The van der Waals surface area contributed by atoms with E-state index < -0.39 is 5.69 Å². The van der Waals surface area contributed by atoms with Crippen molar-refractivity contribution in [2.45, 2.75) is 32.4 Å². The molecule has 1 atom stereocenters. The maximum atomic E-state index is 13.2. The SMILES string of the molecule is Cc1ccc(Oc2nc3ccccc3n3c(=O)n(CC(=O)NCC4CCCO4)nc23)cc1. The van der Waals surface area contributed by atoms with E-state index in [2.05, 4.69) is 15.4 Å². The van der Waals surface area contributed by atoms with Crippen molar-refractivity contribution in [3.05, 3.63) is 64.6 Å². The van der Waals surface area contributed by atoms with Crippen LogP contribution in [-0.2, 0) is 16.1 Å². The van der Waals surface area contributed by atoms with Crippen LogP contribution in [0.1, 0.15) is 18.4 Å². The first-order chi connectivity index (χ1) is 15.6. The Balaban J connectivity index is 1.50. The number of fused-ring (bicyclic) bond motifs is 3. The van der Waals surface area contributed by atoms with Crippen LogP contribution < -0.4 is 15.7 Å². The molecule has 9 nitrogen and oxygen atoms in total. The molecule has 1 saturated heterocycles. The molecule has 1 unspecified atom stereocenters. The Morgan fingerprint density at radius 2 is 2.03 bits per heavy atom. The number of amides is 1. The lowest BCUT2D eigenvalue weighted by atomic mass is 10.2. The van der Waals surface area contributed by atoms with Gasteiger partial charge in [0.1, 0.15) is 12.3 Å². The summed E-state index contributed by atoms with van der Waals surface area (Å²) in [4.78, 5) is 30.2. The maximum Gasteiger partial charge on any atom is 0.351 e. The normalized spacial score (nSPS) is 16.0. The molecule has 9 heteroatoms. The molecule has 4 aromatic rings. The standard InChI is InChI=1S/C23H23N5O4/c1-15-8-10-16(11-9-15)32-22-21-26-27(14-20(29)24-13-17-5-4-12-31-17)23(30)28(21)19-7-3-2-6-18(19)25-22/h2-3,6-11,17H,4-5,12-14H2,1H3,(H,24,29). The minimum atomic E-state index is -0.431. The van der Waals surface area contributed by atoms with Crippen LogP contribution in [0.2, 0.25) is 0 Å². The number of benzene rings is 2. The number of carbonyl (C=O) groups excluding carboxylic acids is 1. The Hall–Kier alpha value is -3.72. The molecular weight excluding hydrogens is 410 g/mol. The van der Waals surface area contributed by atoms with Crippen LogP contribution in [0.15, 0.2) is 53.3 Å². The molecule has 2 aromatic heterocycles. The van der Waals surface area contributed by atoms with Gasteiger partial charge < -0.3 is 14.8 Å². The van der Waals surface area contributed by atoms with Crippen LogP contribution in [-0.4, -0.2) is 44.3 Å². The van der Waals surface area contributed by atoms with Crippen molar-refractivity contribution in [3.8, 4) is 11.6 Å². The van der Waals surface area contributed by atoms with Crippen LogP contribution >= 0.6 is 0 Å². The summed E-state index contributed by atoms with van der Waals surface area (Å²) in [5.41, 5.74) is 2.10. The Bertz CT molecular complexity index is 1340. The summed E-state index contributed by atoms with van der Waals surface area (Å²) in [5.74, 6) is 0.476. The summed E-state index contributed by atoms with van der Waals surface area (Å²) in [6.45, 7) is 2.93. The molecule has 164 valence electrons. The number of ether oxygens (including phenoxy) is 2. The molecular formula is C23H23N5O4. The number of hydrogen-bond donors (Lipinski definition) is 1. The molecule has 0 aliphatic carbocycles. The molecule has 1 aliphatic heterocycles. The quantitative estimate of drug-likeness (QED) is 0.501. The zero-order valence-electron chi connectivity index (χ0n) is 17.7. The van der Waals surface area contributed by atoms with E-state index in [4.69, 9.17) is 9.47 Å². The Morgan fingerprint density at radius 3 is 2.81 bits per heavy atom. The van der Waals surface area contributed by atoms with Gasteiger partial charge in [0.25, 0.3) is 5.88 Å². The fourth-order valence-electron chi connectivity index (χ4n) is 3.78. The highest BCUT2D eigenvalue weighted by molar-refractivity contribution is 5.80. The number of nitrogens with zero attached hydrogens (tertiary/aromatic N) is 4. The third kappa shape index (κ3) is 3.94. The molecule has 5 rings (SSSR count). The highest BCUT2D eigenvalue weighted by atomic mass is 16.5. The van der Waals surface area contributed by atoms with Gasteiger partial charge in [-0.25, -0.2) is 18.9 Å². The van der Waals surface area contributed by atoms with E-state index in [1.165, 1.54) is 4.40 Å². The fourth-order valence-corrected chi connectivity index (χ4v) is 3.78. The number of aryl methyl sites for hydroxylation is 1. The van der Waals surface area contributed by atoms with Crippen LogP contribution in [0.4, 0.5) is 0 Å². The molecule has 1 amide bonds. The molecule has 32 heavy (non-hydrogen) atoms. The highest BCUT2D eigenvalue weighted by Crippen LogP contribution is 2.26. The average Bonchev–Trinajstić information content (AvgIpc) is 3.43. The molecule has 1 N–H and O–H groups in total. The fraction of sp³-hybridized carbons (Fsp3) is 0.304. The Labute approximate surface area is 183 Å². The third-order valence-electron chi connectivity index (χ3n) is 5.46. The summed E-state index contributed by atoms with van der Waals surface area (Å²) in [7, 11) is 0. The molecule has 1 fully saturated rings. The monoisotopic (exact) mass is 433 g/mol. The first-order valence-corrected chi connectivity index (χ1v) is 10.6. The lowest BCUT2D eigenvalue weighted by Gasteiger charge is -2.10. The Kier molecular flexibility index (Phi) is 5.32. The third-order valence-corrected chi connectivity index (χ3v) is 5.46. The number of carbonyl (C=O) groups is 1. The summed E-state index contributed by atoms with van der Waals surface area (Å²) in [6.07, 6.45) is 1.95. The highest BCUT2D eigenvalue weighted by Gasteiger charge is 2.20. The number of rotatable bonds is 6. The van der Waals surface area contributed by atoms with Gasteiger partial charge in [0.2, 0.25) is 11.6 Å². The van der Waals surface area contributed by atoms with Crippen LogP contribution in [0, 0.1) is 6.92 Å². The van der Waals surface area contributed by atoms with E-state index >= 15 is 0 Å². The average molecular weight is 433 g/mol. The molecule has 0 bridgehead atoms. The lowest BCUT2D eigenvalue weighted by Crippen LogP contribution is -2.36. The minimum Gasteiger partial charge on any atom is -0.436 e. The zero-order valence-corrected chi connectivity index (χ0v) is 17.7. The first-order valence-electron chi connectivity index (χ1n) is 10.6. The van der Waals surface area contributed by atoms with Crippen LogP contribution in [0.5, 0.6) is 11.6 Å². The topological polar surface area (TPSA) is 99.8 Å². The van der Waals surface area contributed by atoms with Crippen LogP contribution in [0.25, 0.3) is 16.7 Å². The van der Waals surface area contributed by atoms with Crippen molar-refractivity contribution in [2.75, 3.05) is 13.2 Å². The molecule has 0 saturated carbocycles. The predicted octanol–water partition coefficient (Wildman–Crippen LogP) is 2.44. The van der Waals surface area contributed by atoms with Crippen molar-refractivity contribution in [1.29, 1.82) is 0 Å². The Morgan fingerprint density at radius 1 is 1.22 bits per heavy atom.